The van der Waals surface area contributed by atoms with Crippen molar-refractivity contribution in [3.8, 4) is 11.5 Å². The monoisotopic (exact) mass is 275 g/mol. The van der Waals surface area contributed by atoms with Gasteiger partial charge in [0.25, 0.3) is 0 Å². The third-order valence-electron chi connectivity index (χ3n) is 3.47. The first-order chi connectivity index (χ1) is 9.72. The van der Waals surface area contributed by atoms with Crippen LogP contribution in [0.25, 0.3) is 0 Å². The second kappa shape index (κ2) is 7.34. The van der Waals surface area contributed by atoms with E-state index in [-0.39, 0.29) is 0 Å². The van der Waals surface area contributed by atoms with E-state index in [1.807, 2.05) is 12.1 Å². The second-order valence-corrected chi connectivity index (χ2v) is 5.37. The fourth-order valence-electron chi connectivity index (χ4n) is 2.45. The standard InChI is InChI=1S/C17H25NO2/c1-4-10-18-15(9-8-13(2)3)14-6-5-7-16-17(14)20-12-11-19-16/h5-7,15,18H,2,4,8-12H2,1,3H3. The van der Waals surface area contributed by atoms with Gasteiger partial charge in [-0.1, -0.05) is 24.6 Å². The van der Waals surface area contributed by atoms with Crippen molar-refractivity contribution in [2.24, 2.45) is 0 Å². The summed E-state index contributed by atoms with van der Waals surface area (Å²) in [6.45, 7) is 10.5. The fourth-order valence-corrected chi connectivity index (χ4v) is 2.45. The van der Waals surface area contributed by atoms with Gasteiger partial charge in [-0.15, -0.1) is 6.58 Å². The summed E-state index contributed by atoms with van der Waals surface area (Å²) in [5.41, 5.74) is 2.42. The number of para-hydroxylation sites is 1. The molecule has 110 valence electrons. The summed E-state index contributed by atoms with van der Waals surface area (Å²) < 4.78 is 11.5. The van der Waals surface area contributed by atoms with Crippen molar-refractivity contribution in [1.29, 1.82) is 0 Å². The van der Waals surface area contributed by atoms with Crippen molar-refractivity contribution in [2.75, 3.05) is 19.8 Å². The number of rotatable bonds is 7. The number of benzene rings is 1. The molecular formula is C17H25NO2. The lowest BCUT2D eigenvalue weighted by Crippen LogP contribution is -2.24. The van der Waals surface area contributed by atoms with E-state index in [0.29, 0.717) is 19.3 Å². The molecule has 3 heteroatoms. The molecule has 1 aromatic carbocycles. The number of nitrogens with one attached hydrogen (secondary N) is 1. The lowest BCUT2D eigenvalue weighted by Gasteiger charge is -2.26. The van der Waals surface area contributed by atoms with Crippen molar-refractivity contribution in [2.45, 2.75) is 39.2 Å². The molecule has 0 fully saturated rings. The molecule has 1 unspecified atom stereocenters. The number of allylic oxidation sites excluding steroid dienone is 1. The zero-order valence-corrected chi connectivity index (χ0v) is 12.6. The summed E-state index contributed by atoms with van der Waals surface area (Å²) in [4.78, 5) is 0. The summed E-state index contributed by atoms with van der Waals surface area (Å²) >= 11 is 0. The third-order valence-corrected chi connectivity index (χ3v) is 3.47. The SMILES string of the molecule is C=C(C)CCC(NCCC)c1cccc2c1OCCO2. The van der Waals surface area contributed by atoms with Crippen molar-refractivity contribution in [3.05, 3.63) is 35.9 Å². The van der Waals surface area contributed by atoms with Gasteiger partial charge in [0.15, 0.2) is 11.5 Å². The van der Waals surface area contributed by atoms with Gasteiger partial charge in [0, 0.05) is 11.6 Å². The summed E-state index contributed by atoms with van der Waals surface area (Å²) in [7, 11) is 0. The average molecular weight is 275 g/mol. The van der Waals surface area contributed by atoms with Gasteiger partial charge in [-0.05, 0) is 38.8 Å². The van der Waals surface area contributed by atoms with E-state index in [1.165, 1.54) is 11.1 Å². The van der Waals surface area contributed by atoms with E-state index in [4.69, 9.17) is 9.47 Å². The van der Waals surface area contributed by atoms with Crippen LogP contribution in [0.2, 0.25) is 0 Å². The highest BCUT2D eigenvalue weighted by molar-refractivity contribution is 5.49. The number of hydrogen-bond donors (Lipinski definition) is 1. The lowest BCUT2D eigenvalue weighted by atomic mass is 9.98. The summed E-state index contributed by atoms with van der Waals surface area (Å²) in [5.74, 6) is 1.78. The molecule has 20 heavy (non-hydrogen) atoms. The van der Waals surface area contributed by atoms with Crippen molar-refractivity contribution in [3.63, 3.8) is 0 Å². The third kappa shape index (κ3) is 3.76. The zero-order valence-electron chi connectivity index (χ0n) is 12.6. The molecule has 3 nitrogen and oxygen atoms in total. The molecule has 0 aromatic heterocycles. The molecule has 0 saturated heterocycles. The number of fused-ring (bicyclic) bond motifs is 1. The summed E-state index contributed by atoms with van der Waals surface area (Å²) in [6.07, 6.45) is 3.18. The molecule has 0 aliphatic carbocycles. The average Bonchev–Trinajstić information content (AvgIpc) is 2.47. The summed E-state index contributed by atoms with van der Waals surface area (Å²) in [5, 5.41) is 3.61. The van der Waals surface area contributed by atoms with Crippen LogP contribution in [0, 0.1) is 0 Å². The Bertz CT molecular complexity index is 456. The smallest absolute Gasteiger partial charge is 0.166 e. The van der Waals surface area contributed by atoms with Gasteiger partial charge in [0.05, 0.1) is 0 Å². The highest BCUT2D eigenvalue weighted by atomic mass is 16.6. The van der Waals surface area contributed by atoms with Crippen LogP contribution in [-0.4, -0.2) is 19.8 Å². The maximum absolute atomic E-state index is 5.83. The molecule has 1 aliphatic rings. The molecule has 1 heterocycles. The molecule has 0 amide bonds. The van der Waals surface area contributed by atoms with Gasteiger partial charge >= 0.3 is 0 Å². The normalized spacial score (nSPS) is 14.9. The molecule has 1 atom stereocenters. The van der Waals surface area contributed by atoms with Gasteiger partial charge in [0.1, 0.15) is 13.2 Å². The largest absolute Gasteiger partial charge is 0.486 e. The number of hydrogen-bond acceptors (Lipinski definition) is 3. The minimum absolute atomic E-state index is 0.295. The van der Waals surface area contributed by atoms with Crippen LogP contribution in [0.5, 0.6) is 11.5 Å². The highest BCUT2D eigenvalue weighted by Gasteiger charge is 2.21. The Morgan fingerprint density at radius 1 is 1.35 bits per heavy atom. The Hall–Kier alpha value is -1.48. The predicted octanol–water partition coefficient (Wildman–Crippen LogP) is 3.85. The van der Waals surface area contributed by atoms with Gasteiger partial charge in [-0.2, -0.15) is 0 Å². The van der Waals surface area contributed by atoms with Crippen molar-refractivity contribution < 1.29 is 9.47 Å². The van der Waals surface area contributed by atoms with Gasteiger partial charge in [-0.25, -0.2) is 0 Å². The Morgan fingerprint density at radius 3 is 2.90 bits per heavy atom. The maximum atomic E-state index is 5.83. The minimum Gasteiger partial charge on any atom is -0.486 e. The molecule has 2 rings (SSSR count). The molecule has 1 aliphatic heterocycles. The molecule has 0 radical (unpaired) electrons. The lowest BCUT2D eigenvalue weighted by molar-refractivity contribution is 0.168. The Labute approximate surface area is 122 Å². The van der Waals surface area contributed by atoms with Gasteiger partial charge in [0.2, 0.25) is 0 Å². The fraction of sp³-hybridized carbons (Fsp3) is 0.529. The quantitative estimate of drug-likeness (QED) is 0.767. The van der Waals surface area contributed by atoms with Crippen LogP contribution in [0.3, 0.4) is 0 Å². The van der Waals surface area contributed by atoms with Crippen molar-refractivity contribution >= 4 is 0 Å². The van der Waals surface area contributed by atoms with Crippen LogP contribution in [0.1, 0.15) is 44.7 Å². The highest BCUT2D eigenvalue weighted by Crippen LogP contribution is 2.38. The van der Waals surface area contributed by atoms with Gasteiger partial charge < -0.3 is 14.8 Å². The van der Waals surface area contributed by atoms with Gasteiger partial charge in [-0.3, -0.25) is 0 Å². The molecule has 1 aromatic rings. The van der Waals surface area contributed by atoms with Crippen LogP contribution in [-0.2, 0) is 0 Å². The molecule has 1 N–H and O–H groups in total. The van der Waals surface area contributed by atoms with E-state index < -0.39 is 0 Å². The Kier molecular flexibility index (Phi) is 5.48. The van der Waals surface area contributed by atoms with Crippen LogP contribution in [0.4, 0.5) is 0 Å². The zero-order chi connectivity index (χ0) is 14.4. The van der Waals surface area contributed by atoms with E-state index in [2.05, 4.69) is 31.8 Å². The molecule has 0 spiro atoms. The topological polar surface area (TPSA) is 30.5 Å². The first-order valence-corrected chi connectivity index (χ1v) is 7.48. The van der Waals surface area contributed by atoms with Crippen molar-refractivity contribution in [1.82, 2.24) is 5.32 Å². The second-order valence-electron chi connectivity index (χ2n) is 5.37. The molecular weight excluding hydrogens is 250 g/mol. The van der Waals surface area contributed by atoms with E-state index in [9.17, 15) is 0 Å². The Balaban J connectivity index is 2.20. The Morgan fingerprint density at radius 2 is 2.15 bits per heavy atom. The minimum atomic E-state index is 0.295. The van der Waals surface area contributed by atoms with E-state index >= 15 is 0 Å². The van der Waals surface area contributed by atoms with E-state index in [1.54, 1.807) is 0 Å². The first-order valence-electron chi connectivity index (χ1n) is 7.48. The van der Waals surface area contributed by atoms with Crippen LogP contribution >= 0.6 is 0 Å². The van der Waals surface area contributed by atoms with Crippen LogP contribution in [0.15, 0.2) is 30.4 Å². The van der Waals surface area contributed by atoms with E-state index in [0.717, 1.165) is 37.3 Å². The maximum Gasteiger partial charge on any atom is 0.166 e. The molecule has 0 saturated carbocycles. The molecule has 0 bridgehead atoms. The predicted molar refractivity (Wildman–Crippen MR) is 82.5 cm³/mol. The van der Waals surface area contributed by atoms with Crippen LogP contribution < -0.4 is 14.8 Å². The first kappa shape index (κ1) is 14.9. The number of ether oxygens (including phenoxy) is 2. The summed E-state index contributed by atoms with van der Waals surface area (Å²) in [6, 6.07) is 6.46.